The van der Waals surface area contributed by atoms with E-state index in [1.54, 1.807) is 12.1 Å². The first-order valence-electron chi connectivity index (χ1n) is 7.44. The highest BCUT2D eigenvalue weighted by atomic mass is 19.4. The van der Waals surface area contributed by atoms with Gasteiger partial charge in [-0.05, 0) is 61.8 Å². The van der Waals surface area contributed by atoms with E-state index in [0.29, 0.717) is 17.9 Å². The molecule has 2 atom stereocenters. The van der Waals surface area contributed by atoms with E-state index in [9.17, 15) is 13.2 Å². The number of benzene rings is 1. The van der Waals surface area contributed by atoms with E-state index < -0.39 is 11.7 Å². The average Bonchev–Trinajstić information content (AvgIpc) is 3.12. The van der Waals surface area contributed by atoms with E-state index in [4.69, 9.17) is 0 Å². The van der Waals surface area contributed by atoms with Crippen LogP contribution in [0.15, 0.2) is 24.3 Å². The first-order valence-corrected chi connectivity index (χ1v) is 7.44. The summed E-state index contributed by atoms with van der Waals surface area (Å²) in [5.74, 6) is 0.996. The first kappa shape index (κ1) is 13.9. The van der Waals surface area contributed by atoms with E-state index in [2.05, 4.69) is 5.32 Å². The maximum Gasteiger partial charge on any atom is 0.416 e. The van der Waals surface area contributed by atoms with Gasteiger partial charge in [0, 0.05) is 6.04 Å². The molecule has 0 radical (unpaired) electrons. The molecule has 110 valence electrons. The van der Waals surface area contributed by atoms with Crippen molar-refractivity contribution in [3.8, 4) is 0 Å². The number of halogens is 3. The smallest absolute Gasteiger partial charge is 0.314 e. The second-order valence-electron chi connectivity index (χ2n) is 6.10. The second kappa shape index (κ2) is 5.40. The van der Waals surface area contributed by atoms with E-state index in [-0.39, 0.29) is 0 Å². The minimum absolute atomic E-state index is 0.420. The summed E-state index contributed by atoms with van der Waals surface area (Å²) in [6.45, 7) is 1.01. The third kappa shape index (κ3) is 3.17. The lowest BCUT2D eigenvalue weighted by Crippen LogP contribution is -2.26. The van der Waals surface area contributed by atoms with Gasteiger partial charge in [0.15, 0.2) is 0 Å². The number of nitrogens with one attached hydrogen (secondary N) is 1. The standard InChI is InChI=1S/C16H20F3N/c17-16(18,19)13-6-4-11(5-7-13)15-3-1-2-12(15)10-20-14-8-9-14/h4-7,12,14-15,20H,1-3,8-10H2. The van der Waals surface area contributed by atoms with Gasteiger partial charge in [0.2, 0.25) is 0 Å². The zero-order valence-corrected chi connectivity index (χ0v) is 11.4. The van der Waals surface area contributed by atoms with Gasteiger partial charge in [0.25, 0.3) is 0 Å². The van der Waals surface area contributed by atoms with E-state index >= 15 is 0 Å². The van der Waals surface area contributed by atoms with Gasteiger partial charge in [-0.1, -0.05) is 18.6 Å². The van der Waals surface area contributed by atoms with Crippen molar-refractivity contribution in [3.63, 3.8) is 0 Å². The Balaban J connectivity index is 1.67. The van der Waals surface area contributed by atoms with Crippen molar-refractivity contribution in [1.82, 2.24) is 5.32 Å². The summed E-state index contributed by atoms with van der Waals surface area (Å²) < 4.78 is 37.7. The predicted molar refractivity (Wildman–Crippen MR) is 72.6 cm³/mol. The highest BCUT2D eigenvalue weighted by Gasteiger charge is 2.33. The van der Waals surface area contributed by atoms with Crippen molar-refractivity contribution in [3.05, 3.63) is 35.4 Å². The molecule has 0 amide bonds. The molecule has 0 spiro atoms. The van der Waals surface area contributed by atoms with Crippen LogP contribution in [0, 0.1) is 5.92 Å². The van der Waals surface area contributed by atoms with Crippen molar-refractivity contribution in [2.24, 2.45) is 5.92 Å². The molecule has 1 aromatic carbocycles. The summed E-state index contributed by atoms with van der Waals surface area (Å²) in [7, 11) is 0. The van der Waals surface area contributed by atoms with Gasteiger partial charge in [0.1, 0.15) is 0 Å². The third-order valence-electron chi connectivity index (χ3n) is 4.57. The number of hydrogen-bond donors (Lipinski definition) is 1. The summed E-state index contributed by atoms with van der Waals surface area (Å²) in [6, 6.07) is 6.48. The van der Waals surface area contributed by atoms with E-state index in [1.807, 2.05) is 0 Å². The van der Waals surface area contributed by atoms with Crippen molar-refractivity contribution in [2.75, 3.05) is 6.54 Å². The Morgan fingerprint density at radius 3 is 2.30 bits per heavy atom. The number of rotatable bonds is 4. The molecule has 0 aliphatic heterocycles. The average molecular weight is 283 g/mol. The molecule has 0 heterocycles. The van der Waals surface area contributed by atoms with Gasteiger partial charge in [-0.3, -0.25) is 0 Å². The fourth-order valence-electron chi connectivity index (χ4n) is 3.24. The molecular formula is C16H20F3N. The maximum absolute atomic E-state index is 12.6. The molecule has 1 N–H and O–H groups in total. The molecule has 2 aliphatic carbocycles. The SMILES string of the molecule is FC(F)(F)c1ccc(C2CCCC2CNC2CC2)cc1. The first-order chi connectivity index (χ1) is 9.54. The van der Waals surface area contributed by atoms with Crippen molar-refractivity contribution in [2.45, 2.75) is 50.2 Å². The molecule has 1 nitrogen and oxygen atoms in total. The molecule has 2 saturated carbocycles. The molecule has 2 fully saturated rings. The Hall–Kier alpha value is -1.03. The fraction of sp³-hybridized carbons (Fsp3) is 0.625. The molecule has 20 heavy (non-hydrogen) atoms. The second-order valence-corrected chi connectivity index (χ2v) is 6.10. The Labute approximate surface area is 117 Å². The van der Waals surface area contributed by atoms with Gasteiger partial charge in [-0.25, -0.2) is 0 Å². The molecule has 4 heteroatoms. The van der Waals surface area contributed by atoms with Gasteiger partial charge >= 0.3 is 6.18 Å². The lowest BCUT2D eigenvalue weighted by Gasteiger charge is -2.21. The topological polar surface area (TPSA) is 12.0 Å². The van der Waals surface area contributed by atoms with Crippen LogP contribution in [0.5, 0.6) is 0 Å². The quantitative estimate of drug-likeness (QED) is 0.866. The molecule has 0 bridgehead atoms. The van der Waals surface area contributed by atoms with Crippen LogP contribution in [0.1, 0.15) is 49.1 Å². The Bertz CT molecular complexity index is 448. The van der Waals surface area contributed by atoms with Gasteiger partial charge in [-0.2, -0.15) is 13.2 Å². The zero-order chi connectivity index (χ0) is 14.2. The summed E-state index contributed by atoms with van der Waals surface area (Å²) in [6.07, 6.45) is 1.78. The molecule has 1 aromatic rings. The van der Waals surface area contributed by atoms with Crippen LogP contribution in [0.25, 0.3) is 0 Å². The summed E-state index contributed by atoms with van der Waals surface area (Å²) in [5, 5.41) is 3.55. The van der Waals surface area contributed by atoms with Gasteiger partial charge in [0.05, 0.1) is 5.56 Å². The predicted octanol–water partition coefficient (Wildman–Crippen LogP) is 4.34. The normalized spacial score (nSPS) is 26.9. The lowest BCUT2D eigenvalue weighted by molar-refractivity contribution is -0.137. The van der Waals surface area contributed by atoms with Crippen LogP contribution >= 0.6 is 0 Å². The van der Waals surface area contributed by atoms with Crippen LogP contribution in [0.2, 0.25) is 0 Å². The summed E-state index contributed by atoms with van der Waals surface area (Å²) >= 11 is 0. The monoisotopic (exact) mass is 283 g/mol. The Morgan fingerprint density at radius 1 is 1.00 bits per heavy atom. The maximum atomic E-state index is 12.6. The van der Waals surface area contributed by atoms with Gasteiger partial charge in [-0.15, -0.1) is 0 Å². The Morgan fingerprint density at radius 2 is 1.70 bits per heavy atom. The molecule has 2 aliphatic rings. The zero-order valence-electron chi connectivity index (χ0n) is 11.4. The Kier molecular flexibility index (Phi) is 3.76. The van der Waals surface area contributed by atoms with Crippen LogP contribution in [-0.2, 0) is 6.18 Å². The van der Waals surface area contributed by atoms with Gasteiger partial charge < -0.3 is 5.32 Å². The fourth-order valence-corrected chi connectivity index (χ4v) is 3.24. The summed E-state index contributed by atoms with van der Waals surface area (Å²) in [4.78, 5) is 0. The summed E-state index contributed by atoms with van der Waals surface area (Å²) in [5.41, 5.74) is 0.519. The highest BCUT2D eigenvalue weighted by Crippen LogP contribution is 2.40. The van der Waals surface area contributed by atoms with E-state index in [1.165, 1.54) is 37.8 Å². The lowest BCUT2D eigenvalue weighted by atomic mass is 9.88. The van der Waals surface area contributed by atoms with Crippen LogP contribution in [0.4, 0.5) is 13.2 Å². The van der Waals surface area contributed by atoms with Crippen LogP contribution in [0.3, 0.4) is 0 Å². The molecule has 2 unspecified atom stereocenters. The van der Waals surface area contributed by atoms with Crippen LogP contribution in [-0.4, -0.2) is 12.6 Å². The molecular weight excluding hydrogens is 263 g/mol. The molecule has 3 rings (SSSR count). The minimum atomic E-state index is -4.23. The van der Waals surface area contributed by atoms with Crippen LogP contribution < -0.4 is 5.32 Å². The third-order valence-corrected chi connectivity index (χ3v) is 4.57. The van der Waals surface area contributed by atoms with Crippen molar-refractivity contribution < 1.29 is 13.2 Å². The molecule has 0 saturated heterocycles. The van der Waals surface area contributed by atoms with Crippen molar-refractivity contribution in [1.29, 1.82) is 0 Å². The minimum Gasteiger partial charge on any atom is -0.314 e. The number of hydrogen-bond acceptors (Lipinski definition) is 1. The molecule has 0 aromatic heterocycles. The number of alkyl halides is 3. The van der Waals surface area contributed by atoms with Crippen molar-refractivity contribution >= 4 is 0 Å². The van der Waals surface area contributed by atoms with E-state index in [0.717, 1.165) is 18.5 Å². The highest BCUT2D eigenvalue weighted by molar-refractivity contribution is 5.28. The largest absolute Gasteiger partial charge is 0.416 e.